The molecule has 17 heavy (non-hydrogen) atoms. The molecule has 0 atom stereocenters. The fraction of sp³-hybridized carbons (Fsp3) is 0.333. The van der Waals surface area contributed by atoms with Gasteiger partial charge in [0.2, 0.25) is 0 Å². The molecule has 2 aromatic rings. The Labute approximate surface area is 107 Å². The summed E-state index contributed by atoms with van der Waals surface area (Å²) in [5.74, 6) is -0.964. The second kappa shape index (κ2) is 3.84. The van der Waals surface area contributed by atoms with Gasteiger partial charge in [-0.3, -0.25) is 4.40 Å². The van der Waals surface area contributed by atoms with Gasteiger partial charge in [-0.2, -0.15) is 0 Å². The normalized spacial score (nSPS) is 12.0. The van der Waals surface area contributed by atoms with Crippen LogP contribution in [0.25, 0.3) is 5.65 Å². The van der Waals surface area contributed by atoms with E-state index in [9.17, 15) is 9.90 Å². The molecule has 0 aliphatic heterocycles. The van der Waals surface area contributed by atoms with E-state index in [1.54, 1.807) is 16.5 Å². The van der Waals surface area contributed by atoms with Gasteiger partial charge in [0.25, 0.3) is 0 Å². The molecule has 0 fully saturated rings. The summed E-state index contributed by atoms with van der Waals surface area (Å²) >= 11 is 3.36. The van der Waals surface area contributed by atoms with Crippen LogP contribution in [-0.4, -0.2) is 20.5 Å². The van der Waals surface area contributed by atoms with E-state index in [0.717, 1.165) is 0 Å². The van der Waals surface area contributed by atoms with Gasteiger partial charge in [-0.1, -0.05) is 26.8 Å². The third-order valence-corrected chi connectivity index (χ3v) is 3.13. The number of imidazole rings is 1. The molecule has 1 N–H and O–H groups in total. The maximum absolute atomic E-state index is 11.4. The standard InChI is InChI=1S/C12H13BrN2O2/c1-12(2,3)10-9(11(16)17)15-7(13)5-4-6-8(15)14-10/h4-6H,1-3H3,(H,16,17). The summed E-state index contributed by atoms with van der Waals surface area (Å²) in [6.45, 7) is 5.86. The lowest BCUT2D eigenvalue weighted by Crippen LogP contribution is -2.17. The highest BCUT2D eigenvalue weighted by Gasteiger charge is 2.28. The van der Waals surface area contributed by atoms with Gasteiger partial charge in [-0.15, -0.1) is 0 Å². The average molecular weight is 297 g/mol. The molecule has 0 bridgehead atoms. The van der Waals surface area contributed by atoms with E-state index < -0.39 is 5.97 Å². The Bertz CT molecular complexity index is 596. The summed E-state index contributed by atoms with van der Waals surface area (Å²) in [6, 6.07) is 5.44. The molecule has 5 heteroatoms. The fourth-order valence-corrected chi connectivity index (χ4v) is 2.29. The number of aromatic carboxylic acids is 1. The molecule has 2 heterocycles. The van der Waals surface area contributed by atoms with E-state index in [1.165, 1.54) is 0 Å². The summed E-state index contributed by atoms with van der Waals surface area (Å²) in [7, 11) is 0. The molecule has 0 amide bonds. The lowest BCUT2D eigenvalue weighted by molar-refractivity contribution is 0.0686. The van der Waals surface area contributed by atoms with Crippen LogP contribution < -0.4 is 0 Å². The summed E-state index contributed by atoms with van der Waals surface area (Å²) in [6.07, 6.45) is 0. The van der Waals surface area contributed by atoms with Gasteiger partial charge in [-0.25, -0.2) is 9.78 Å². The van der Waals surface area contributed by atoms with Crippen LogP contribution in [0.15, 0.2) is 22.8 Å². The van der Waals surface area contributed by atoms with Crippen molar-refractivity contribution in [2.45, 2.75) is 26.2 Å². The van der Waals surface area contributed by atoms with Crippen molar-refractivity contribution >= 4 is 27.5 Å². The molecule has 0 saturated carbocycles. The van der Waals surface area contributed by atoms with Crippen LogP contribution >= 0.6 is 15.9 Å². The van der Waals surface area contributed by atoms with Crippen LogP contribution in [0, 0.1) is 0 Å². The number of aromatic nitrogens is 2. The Morgan fingerprint density at radius 1 is 1.41 bits per heavy atom. The number of nitrogens with zero attached hydrogens (tertiary/aromatic N) is 2. The van der Waals surface area contributed by atoms with Gasteiger partial charge < -0.3 is 5.11 Å². The highest BCUT2D eigenvalue weighted by molar-refractivity contribution is 9.10. The Balaban J connectivity index is 2.91. The summed E-state index contributed by atoms with van der Waals surface area (Å²) in [4.78, 5) is 15.8. The SMILES string of the molecule is CC(C)(C)c1nc2cccc(Br)n2c1C(=O)O. The van der Waals surface area contributed by atoms with Crippen molar-refractivity contribution in [2.75, 3.05) is 0 Å². The molecule has 2 aromatic heterocycles. The van der Waals surface area contributed by atoms with Crippen molar-refractivity contribution in [1.82, 2.24) is 9.38 Å². The second-order valence-corrected chi connectivity index (χ2v) is 5.72. The molecule has 0 unspecified atom stereocenters. The van der Waals surface area contributed by atoms with Crippen LogP contribution in [0.4, 0.5) is 0 Å². The van der Waals surface area contributed by atoms with Crippen LogP contribution in [-0.2, 0) is 5.41 Å². The largest absolute Gasteiger partial charge is 0.477 e. The van der Waals surface area contributed by atoms with E-state index in [1.807, 2.05) is 26.8 Å². The van der Waals surface area contributed by atoms with Gasteiger partial charge >= 0.3 is 5.97 Å². The first-order valence-corrected chi connectivity index (χ1v) is 6.02. The Kier molecular flexibility index (Phi) is 2.73. The number of fused-ring (bicyclic) bond motifs is 1. The molecule has 0 aliphatic carbocycles. The summed E-state index contributed by atoms with van der Waals surface area (Å²) in [5.41, 5.74) is 1.15. The Morgan fingerprint density at radius 3 is 2.59 bits per heavy atom. The van der Waals surface area contributed by atoms with E-state index in [0.29, 0.717) is 15.9 Å². The number of hydrogen-bond acceptors (Lipinski definition) is 2. The van der Waals surface area contributed by atoms with Gasteiger partial charge in [0.1, 0.15) is 5.65 Å². The highest BCUT2D eigenvalue weighted by atomic mass is 79.9. The maximum atomic E-state index is 11.4. The van der Waals surface area contributed by atoms with Gasteiger partial charge in [0, 0.05) is 5.41 Å². The molecule has 0 spiro atoms. The first-order valence-electron chi connectivity index (χ1n) is 5.23. The second-order valence-electron chi connectivity index (χ2n) is 4.91. The minimum atomic E-state index is -0.964. The number of pyridine rings is 1. The lowest BCUT2D eigenvalue weighted by Gasteiger charge is -2.16. The van der Waals surface area contributed by atoms with E-state index in [4.69, 9.17) is 0 Å². The third-order valence-electron chi connectivity index (χ3n) is 2.51. The van der Waals surface area contributed by atoms with Gasteiger partial charge in [0.15, 0.2) is 5.69 Å². The van der Waals surface area contributed by atoms with Crippen molar-refractivity contribution in [2.24, 2.45) is 0 Å². The van der Waals surface area contributed by atoms with Gasteiger partial charge in [0.05, 0.1) is 10.3 Å². The molecule has 90 valence electrons. The number of rotatable bonds is 1. The highest BCUT2D eigenvalue weighted by Crippen LogP contribution is 2.28. The molecule has 0 aliphatic rings. The minimum Gasteiger partial charge on any atom is -0.477 e. The monoisotopic (exact) mass is 296 g/mol. The summed E-state index contributed by atoms with van der Waals surface area (Å²) in [5, 5.41) is 9.36. The molecule has 0 radical (unpaired) electrons. The first kappa shape index (κ1) is 12.1. The van der Waals surface area contributed by atoms with Crippen molar-refractivity contribution < 1.29 is 9.90 Å². The third kappa shape index (κ3) is 1.95. The predicted octanol–water partition coefficient (Wildman–Crippen LogP) is 3.09. The van der Waals surface area contributed by atoms with Crippen LogP contribution in [0.3, 0.4) is 0 Å². The topological polar surface area (TPSA) is 54.6 Å². The van der Waals surface area contributed by atoms with Crippen LogP contribution in [0.2, 0.25) is 0 Å². The molecular weight excluding hydrogens is 284 g/mol. The Morgan fingerprint density at radius 2 is 2.06 bits per heavy atom. The number of carbonyl (C=O) groups is 1. The number of carboxylic acid groups (broad SMARTS) is 1. The van der Waals surface area contributed by atoms with Crippen LogP contribution in [0.1, 0.15) is 37.0 Å². The minimum absolute atomic E-state index is 0.222. The zero-order valence-electron chi connectivity index (χ0n) is 9.86. The number of carboxylic acids is 1. The van der Waals surface area contributed by atoms with Crippen LogP contribution in [0.5, 0.6) is 0 Å². The zero-order chi connectivity index (χ0) is 12.8. The molecule has 0 saturated heterocycles. The quantitative estimate of drug-likeness (QED) is 0.823. The fourth-order valence-electron chi connectivity index (χ4n) is 1.77. The predicted molar refractivity (Wildman–Crippen MR) is 68.6 cm³/mol. The maximum Gasteiger partial charge on any atom is 0.354 e. The summed E-state index contributed by atoms with van der Waals surface area (Å²) < 4.78 is 2.30. The first-order chi connectivity index (χ1) is 7.82. The Hall–Kier alpha value is -1.36. The van der Waals surface area contributed by atoms with E-state index in [-0.39, 0.29) is 11.1 Å². The van der Waals surface area contributed by atoms with E-state index in [2.05, 4.69) is 20.9 Å². The van der Waals surface area contributed by atoms with Crippen molar-refractivity contribution in [3.8, 4) is 0 Å². The van der Waals surface area contributed by atoms with E-state index >= 15 is 0 Å². The zero-order valence-corrected chi connectivity index (χ0v) is 11.4. The van der Waals surface area contributed by atoms with Crippen molar-refractivity contribution in [1.29, 1.82) is 0 Å². The van der Waals surface area contributed by atoms with Crippen molar-refractivity contribution in [3.05, 3.63) is 34.2 Å². The molecule has 2 rings (SSSR count). The molecule has 0 aromatic carbocycles. The number of halogens is 1. The molecular formula is C12H13BrN2O2. The van der Waals surface area contributed by atoms with Crippen molar-refractivity contribution in [3.63, 3.8) is 0 Å². The smallest absolute Gasteiger partial charge is 0.354 e. The number of hydrogen-bond donors (Lipinski definition) is 1. The lowest BCUT2D eigenvalue weighted by atomic mass is 9.91. The molecule has 4 nitrogen and oxygen atoms in total. The average Bonchev–Trinajstić information content (AvgIpc) is 2.57. The van der Waals surface area contributed by atoms with Gasteiger partial charge in [-0.05, 0) is 28.1 Å².